The van der Waals surface area contributed by atoms with Crippen molar-refractivity contribution in [2.45, 2.75) is 33.1 Å². The van der Waals surface area contributed by atoms with Crippen LogP contribution >= 0.6 is 15.9 Å². The predicted molar refractivity (Wildman–Crippen MR) is 99.7 cm³/mol. The highest BCUT2D eigenvalue weighted by molar-refractivity contribution is 9.10. The fourth-order valence-electron chi connectivity index (χ4n) is 2.02. The van der Waals surface area contributed by atoms with Crippen molar-refractivity contribution >= 4 is 27.8 Å². The van der Waals surface area contributed by atoms with Crippen LogP contribution in [0.3, 0.4) is 0 Å². The van der Waals surface area contributed by atoms with E-state index in [4.69, 9.17) is 0 Å². The second kappa shape index (κ2) is 11.8. The van der Waals surface area contributed by atoms with E-state index in [0.29, 0.717) is 37.6 Å². The maximum atomic E-state index is 13.7. The maximum absolute atomic E-state index is 13.7. The lowest BCUT2D eigenvalue weighted by Crippen LogP contribution is -2.39. The van der Waals surface area contributed by atoms with Gasteiger partial charge in [0.15, 0.2) is 5.96 Å². The largest absolute Gasteiger partial charge is 0.357 e. The number of aryl methyl sites for hydroxylation is 1. The van der Waals surface area contributed by atoms with Crippen LogP contribution in [0.2, 0.25) is 0 Å². The summed E-state index contributed by atoms with van der Waals surface area (Å²) in [6.45, 7) is 6.09. The van der Waals surface area contributed by atoms with E-state index in [9.17, 15) is 9.18 Å². The molecule has 3 N–H and O–H groups in total. The molecule has 0 unspecified atom stereocenters. The Morgan fingerprint density at radius 3 is 2.67 bits per heavy atom. The van der Waals surface area contributed by atoms with Crippen molar-refractivity contribution in [1.29, 1.82) is 0 Å². The molecule has 0 aliphatic rings. The number of amides is 1. The van der Waals surface area contributed by atoms with Crippen molar-refractivity contribution in [2.75, 3.05) is 26.2 Å². The predicted octanol–water partition coefficient (Wildman–Crippen LogP) is 2.60. The number of carbonyl (C=O) groups is 1. The average Bonchev–Trinajstić information content (AvgIpc) is 2.56. The molecule has 0 radical (unpaired) electrons. The molecule has 0 aliphatic carbocycles. The standard InChI is InChI=1S/C17H26BrFN4O/c1-3-9-21-16(24)12-23-17(20-4-2)22-10-5-6-13-7-8-14(18)11-15(13)19/h7-8,11H,3-6,9-10,12H2,1-2H3,(H,21,24)(H2,20,22,23). The molecular weight excluding hydrogens is 375 g/mol. The van der Waals surface area contributed by atoms with Gasteiger partial charge in [0.25, 0.3) is 0 Å². The Kier molecular flexibility index (Phi) is 10.1. The van der Waals surface area contributed by atoms with Gasteiger partial charge in [-0.3, -0.25) is 4.79 Å². The van der Waals surface area contributed by atoms with Crippen LogP contribution in [-0.2, 0) is 11.2 Å². The summed E-state index contributed by atoms with van der Waals surface area (Å²) >= 11 is 3.25. The van der Waals surface area contributed by atoms with Crippen molar-refractivity contribution in [1.82, 2.24) is 16.0 Å². The minimum atomic E-state index is -0.197. The van der Waals surface area contributed by atoms with Crippen LogP contribution in [0.1, 0.15) is 32.3 Å². The van der Waals surface area contributed by atoms with Crippen LogP contribution in [-0.4, -0.2) is 38.0 Å². The fourth-order valence-corrected chi connectivity index (χ4v) is 2.36. The zero-order valence-electron chi connectivity index (χ0n) is 14.3. The number of hydrogen-bond acceptors (Lipinski definition) is 2. The molecule has 24 heavy (non-hydrogen) atoms. The Morgan fingerprint density at radius 2 is 2.00 bits per heavy atom. The van der Waals surface area contributed by atoms with Gasteiger partial charge in [0, 0.05) is 24.1 Å². The average molecular weight is 401 g/mol. The molecule has 0 spiro atoms. The van der Waals surface area contributed by atoms with Crippen LogP contribution < -0.4 is 16.0 Å². The fraction of sp³-hybridized carbons (Fsp3) is 0.529. The minimum Gasteiger partial charge on any atom is -0.357 e. The summed E-state index contributed by atoms with van der Waals surface area (Å²) in [5.41, 5.74) is 0.695. The highest BCUT2D eigenvalue weighted by Gasteiger charge is 2.04. The second-order valence-corrected chi connectivity index (χ2v) is 6.23. The second-order valence-electron chi connectivity index (χ2n) is 5.31. The number of nitrogens with zero attached hydrogens (tertiary/aromatic N) is 1. The summed E-state index contributed by atoms with van der Waals surface area (Å²) in [6.07, 6.45) is 2.31. The molecule has 1 aromatic rings. The molecule has 0 aromatic heterocycles. The van der Waals surface area contributed by atoms with E-state index in [-0.39, 0.29) is 18.3 Å². The van der Waals surface area contributed by atoms with Crippen LogP contribution in [0.5, 0.6) is 0 Å². The van der Waals surface area contributed by atoms with Crippen LogP contribution in [0, 0.1) is 5.82 Å². The Hall–Kier alpha value is -1.63. The molecule has 1 amide bonds. The summed E-state index contributed by atoms with van der Waals surface area (Å²) in [4.78, 5) is 15.8. The minimum absolute atomic E-state index is 0.0917. The van der Waals surface area contributed by atoms with E-state index in [2.05, 4.69) is 36.9 Å². The normalized spacial score (nSPS) is 11.2. The smallest absolute Gasteiger partial charge is 0.241 e. The monoisotopic (exact) mass is 400 g/mol. The highest BCUT2D eigenvalue weighted by atomic mass is 79.9. The van der Waals surface area contributed by atoms with Gasteiger partial charge in [-0.05, 0) is 43.9 Å². The Morgan fingerprint density at radius 1 is 1.21 bits per heavy atom. The van der Waals surface area contributed by atoms with Crippen LogP contribution in [0.25, 0.3) is 0 Å². The molecule has 1 aromatic carbocycles. The van der Waals surface area contributed by atoms with E-state index in [0.717, 1.165) is 17.3 Å². The lowest BCUT2D eigenvalue weighted by Gasteiger charge is -2.11. The maximum Gasteiger partial charge on any atom is 0.241 e. The van der Waals surface area contributed by atoms with Crippen molar-refractivity contribution in [2.24, 2.45) is 4.99 Å². The van der Waals surface area contributed by atoms with Crippen molar-refractivity contribution < 1.29 is 9.18 Å². The molecule has 0 atom stereocenters. The first kappa shape index (κ1) is 20.4. The first-order chi connectivity index (χ1) is 11.6. The molecule has 7 heteroatoms. The summed E-state index contributed by atoms with van der Waals surface area (Å²) in [7, 11) is 0. The van der Waals surface area contributed by atoms with Crippen LogP contribution in [0.4, 0.5) is 4.39 Å². The molecule has 0 aliphatic heterocycles. The molecular formula is C17H26BrFN4O. The van der Waals surface area contributed by atoms with Crippen LogP contribution in [0.15, 0.2) is 27.7 Å². The van der Waals surface area contributed by atoms with Gasteiger partial charge in [0.2, 0.25) is 5.91 Å². The quantitative estimate of drug-likeness (QED) is 0.339. The van der Waals surface area contributed by atoms with E-state index in [1.54, 1.807) is 6.07 Å². The lowest BCUT2D eigenvalue weighted by atomic mass is 10.1. The first-order valence-electron chi connectivity index (χ1n) is 8.29. The van der Waals surface area contributed by atoms with E-state index in [1.807, 2.05) is 19.9 Å². The number of benzene rings is 1. The van der Waals surface area contributed by atoms with Gasteiger partial charge >= 0.3 is 0 Å². The van der Waals surface area contributed by atoms with Gasteiger partial charge in [-0.2, -0.15) is 0 Å². The molecule has 0 saturated carbocycles. The highest BCUT2D eigenvalue weighted by Crippen LogP contribution is 2.16. The van der Waals surface area contributed by atoms with E-state index >= 15 is 0 Å². The molecule has 5 nitrogen and oxygen atoms in total. The zero-order valence-corrected chi connectivity index (χ0v) is 15.9. The molecule has 1 rings (SSSR count). The molecule has 0 heterocycles. The van der Waals surface area contributed by atoms with Gasteiger partial charge in [-0.25, -0.2) is 9.38 Å². The number of hydrogen-bond donors (Lipinski definition) is 3. The Bertz CT molecular complexity index is 551. The summed E-state index contributed by atoms with van der Waals surface area (Å²) in [5.74, 6) is 0.309. The third kappa shape index (κ3) is 8.29. The number of halogens is 2. The van der Waals surface area contributed by atoms with Gasteiger partial charge in [0.1, 0.15) is 12.4 Å². The van der Waals surface area contributed by atoms with Crippen molar-refractivity contribution in [3.05, 3.63) is 34.1 Å². The topological polar surface area (TPSA) is 65.5 Å². The number of rotatable bonds is 9. The van der Waals surface area contributed by atoms with Crippen molar-refractivity contribution in [3.63, 3.8) is 0 Å². The lowest BCUT2D eigenvalue weighted by molar-refractivity contribution is -0.119. The number of carbonyl (C=O) groups excluding carboxylic acids is 1. The van der Waals surface area contributed by atoms with Crippen molar-refractivity contribution in [3.8, 4) is 0 Å². The third-order valence-electron chi connectivity index (χ3n) is 3.23. The summed E-state index contributed by atoms with van der Waals surface area (Å²) < 4.78 is 14.5. The van der Waals surface area contributed by atoms with Gasteiger partial charge in [-0.1, -0.05) is 28.9 Å². The first-order valence-corrected chi connectivity index (χ1v) is 9.08. The molecule has 0 bridgehead atoms. The molecule has 0 fully saturated rings. The van der Waals surface area contributed by atoms with E-state index in [1.165, 1.54) is 6.07 Å². The van der Waals surface area contributed by atoms with Gasteiger partial charge in [-0.15, -0.1) is 0 Å². The van der Waals surface area contributed by atoms with Gasteiger partial charge in [0.05, 0.1) is 0 Å². The van der Waals surface area contributed by atoms with Gasteiger partial charge < -0.3 is 16.0 Å². The zero-order chi connectivity index (χ0) is 17.8. The SMILES string of the molecule is CCCNC(=O)CN=C(NCC)NCCCc1ccc(Br)cc1F. The summed E-state index contributed by atoms with van der Waals surface area (Å²) in [6, 6.07) is 5.10. The molecule has 0 saturated heterocycles. The Balaban J connectivity index is 2.38. The number of nitrogens with one attached hydrogen (secondary N) is 3. The summed E-state index contributed by atoms with van der Waals surface area (Å²) in [5, 5.41) is 9.03. The van der Waals surface area contributed by atoms with E-state index < -0.39 is 0 Å². The Labute approximate surface area is 151 Å². The third-order valence-corrected chi connectivity index (χ3v) is 3.72. The number of guanidine groups is 1. The number of aliphatic imine (C=N–C) groups is 1. The molecule has 134 valence electrons.